The van der Waals surface area contributed by atoms with E-state index in [9.17, 15) is 9.59 Å². The van der Waals surface area contributed by atoms with E-state index < -0.39 is 23.3 Å². The summed E-state index contributed by atoms with van der Waals surface area (Å²) >= 11 is 0. The van der Waals surface area contributed by atoms with Crippen LogP contribution in [0.15, 0.2) is 9.59 Å². The van der Waals surface area contributed by atoms with Gasteiger partial charge in [-0.2, -0.15) is 4.98 Å². The number of rotatable bonds is 0. The molecule has 6 N–H and O–H groups in total. The molecule has 0 saturated carbocycles. The van der Waals surface area contributed by atoms with E-state index in [0.29, 0.717) is 4.57 Å². The zero-order valence-corrected chi connectivity index (χ0v) is 5.87. The van der Waals surface area contributed by atoms with Gasteiger partial charge in [0.25, 0.3) is 0 Å². The Morgan fingerprint density at radius 3 is 2.58 bits per heavy atom. The highest BCUT2D eigenvalue weighted by Gasteiger charge is 2.05. The van der Waals surface area contributed by atoms with Crippen molar-refractivity contribution in [2.45, 2.75) is 0 Å². The monoisotopic (exact) mass is 170 g/mol. The molecule has 64 valence electrons. The second kappa shape index (κ2) is 2.49. The van der Waals surface area contributed by atoms with Gasteiger partial charge in [-0.25, -0.2) is 14.2 Å². The molecule has 0 unspecified atom stereocenters. The van der Waals surface area contributed by atoms with Crippen LogP contribution in [0.3, 0.4) is 0 Å². The minimum Gasteiger partial charge on any atom is -0.369 e. The molecule has 0 fully saturated rings. The van der Waals surface area contributed by atoms with Crippen LogP contribution in [0.2, 0.25) is 0 Å². The van der Waals surface area contributed by atoms with Crippen molar-refractivity contribution in [3.63, 3.8) is 0 Å². The average molecular weight is 170 g/mol. The van der Waals surface area contributed by atoms with Crippen LogP contribution in [-0.2, 0) is 0 Å². The zero-order valence-electron chi connectivity index (χ0n) is 5.87. The highest BCUT2D eigenvalue weighted by Crippen LogP contribution is 1.82. The number of aromatic nitrogens is 3. The molecule has 0 amide bonds. The number of nitrogens with one attached hydrogen (secondary N) is 2. The summed E-state index contributed by atoms with van der Waals surface area (Å²) in [6, 6.07) is 0. The van der Waals surface area contributed by atoms with Crippen molar-refractivity contribution in [2.24, 2.45) is 5.73 Å². The lowest BCUT2D eigenvalue weighted by atomic mass is 10.8. The number of aromatic amines is 1. The van der Waals surface area contributed by atoms with Gasteiger partial charge in [0.2, 0.25) is 11.9 Å². The van der Waals surface area contributed by atoms with E-state index >= 15 is 0 Å². The predicted octanol–water partition coefficient (Wildman–Crippen LogP) is -2.74. The van der Waals surface area contributed by atoms with Crippen LogP contribution in [-0.4, -0.2) is 20.5 Å². The largest absolute Gasteiger partial charge is 0.369 e. The van der Waals surface area contributed by atoms with Crippen LogP contribution in [0.5, 0.6) is 0 Å². The summed E-state index contributed by atoms with van der Waals surface area (Å²) in [4.78, 5) is 26.3. The summed E-state index contributed by atoms with van der Waals surface area (Å²) in [7, 11) is 0. The molecule has 0 aliphatic rings. The second-order valence-corrected chi connectivity index (χ2v) is 1.93. The predicted molar refractivity (Wildman–Crippen MR) is 40.8 cm³/mol. The highest BCUT2D eigenvalue weighted by atomic mass is 16.2. The minimum absolute atomic E-state index is 0.406. The Hall–Kier alpha value is -2.12. The van der Waals surface area contributed by atoms with E-state index in [2.05, 4.69) is 4.98 Å². The number of hydrogen-bond donors (Lipinski definition) is 4. The third-order valence-electron chi connectivity index (χ3n) is 1.10. The van der Waals surface area contributed by atoms with Crippen LogP contribution in [0, 0.1) is 5.41 Å². The fraction of sp³-hybridized carbons (Fsp3) is 0. The lowest BCUT2D eigenvalue weighted by Crippen LogP contribution is -2.40. The number of nitrogens with two attached hydrogens (primary N) is 2. The maximum Gasteiger partial charge on any atom is 0.352 e. The van der Waals surface area contributed by atoms with Crippen molar-refractivity contribution in [1.82, 2.24) is 14.5 Å². The van der Waals surface area contributed by atoms with E-state index in [4.69, 9.17) is 16.9 Å². The third-order valence-corrected chi connectivity index (χ3v) is 1.10. The average Bonchev–Trinajstić information content (AvgIpc) is 1.82. The van der Waals surface area contributed by atoms with E-state index in [1.165, 1.54) is 0 Å². The molecule has 0 aliphatic heterocycles. The molecule has 0 bridgehead atoms. The van der Waals surface area contributed by atoms with E-state index in [0.717, 1.165) is 0 Å². The van der Waals surface area contributed by atoms with Crippen LogP contribution < -0.4 is 22.8 Å². The molecule has 0 atom stereocenters. The summed E-state index contributed by atoms with van der Waals surface area (Å²) in [5.41, 5.74) is 8.36. The summed E-state index contributed by atoms with van der Waals surface area (Å²) in [6.07, 6.45) is 0. The lowest BCUT2D eigenvalue weighted by molar-refractivity contribution is 0.866. The molecule has 0 saturated heterocycles. The third kappa shape index (κ3) is 1.17. The SMILES string of the molecule is N=C(N)n1c(N)nc(=O)[nH]c1=O. The molecular formula is C4H6N6O2. The van der Waals surface area contributed by atoms with Crippen LogP contribution in [0.1, 0.15) is 0 Å². The summed E-state index contributed by atoms with van der Waals surface area (Å²) in [5, 5.41) is 6.89. The van der Waals surface area contributed by atoms with Gasteiger partial charge in [-0.15, -0.1) is 0 Å². The van der Waals surface area contributed by atoms with Crippen LogP contribution >= 0.6 is 0 Å². The van der Waals surface area contributed by atoms with Crippen molar-refractivity contribution >= 4 is 11.9 Å². The highest BCUT2D eigenvalue weighted by molar-refractivity contribution is 5.79. The van der Waals surface area contributed by atoms with Gasteiger partial charge in [0.1, 0.15) is 0 Å². The molecule has 12 heavy (non-hydrogen) atoms. The van der Waals surface area contributed by atoms with E-state index in [1.807, 2.05) is 0 Å². The van der Waals surface area contributed by atoms with Gasteiger partial charge in [0.05, 0.1) is 0 Å². The van der Waals surface area contributed by atoms with Crippen LogP contribution in [0.25, 0.3) is 0 Å². The number of hydrogen-bond acceptors (Lipinski definition) is 5. The molecule has 0 radical (unpaired) electrons. The van der Waals surface area contributed by atoms with Crippen molar-refractivity contribution in [3.8, 4) is 0 Å². The molecule has 1 aromatic heterocycles. The first-order chi connectivity index (χ1) is 5.52. The fourth-order valence-electron chi connectivity index (χ4n) is 0.666. The van der Waals surface area contributed by atoms with Gasteiger partial charge in [0.15, 0.2) is 0 Å². The smallest absolute Gasteiger partial charge is 0.352 e. The Morgan fingerprint density at radius 2 is 2.17 bits per heavy atom. The standard InChI is InChI=1S/C4H6N6O2/c5-1(6)10-2(7)8-3(11)9-4(10)12/h(H3,5,6)(H3,7,8,9,11,12). The van der Waals surface area contributed by atoms with Gasteiger partial charge in [-0.1, -0.05) is 0 Å². The summed E-state index contributed by atoms with van der Waals surface area (Å²) in [5.74, 6) is -1.00. The van der Waals surface area contributed by atoms with Gasteiger partial charge in [0, 0.05) is 0 Å². The van der Waals surface area contributed by atoms with E-state index in [-0.39, 0.29) is 0 Å². The number of anilines is 1. The van der Waals surface area contributed by atoms with Crippen molar-refractivity contribution < 1.29 is 0 Å². The Morgan fingerprint density at radius 1 is 1.58 bits per heavy atom. The summed E-state index contributed by atoms with van der Waals surface area (Å²) in [6.45, 7) is 0. The second-order valence-electron chi connectivity index (χ2n) is 1.93. The zero-order chi connectivity index (χ0) is 9.30. The first-order valence-corrected chi connectivity index (χ1v) is 2.85. The van der Waals surface area contributed by atoms with Gasteiger partial charge < -0.3 is 11.5 Å². The maximum atomic E-state index is 10.9. The normalized spacial score (nSPS) is 9.67. The number of nitrogen functional groups attached to an aromatic ring is 2. The van der Waals surface area contributed by atoms with Gasteiger partial charge >= 0.3 is 11.4 Å². The first-order valence-electron chi connectivity index (χ1n) is 2.85. The molecule has 1 rings (SSSR count). The fourth-order valence-corrected chi connectivity index (χ4v) is 0.666. The summed E-state index contributed by atoms with van der Waals surface area (Å²) < 4.78 is 0.571. The molecular weight excluding hydrogens is 164 g/mol. The van der Waals surface area contributed by atoms with Crippen LogP contribution in [0.4, 0.5) is 5.95 Å². The topological polar surface area (TPSA) is 144 Å². The number of nitrogens with zero attached hydrogens (tertiary/aromatic N) is 2. The Labute approximate surface area is 65.4 Å². The van der Waals surface area contributed by atoms with Crippen molar-refractivity contribution in [1.29, 1.82) is 5.41 Å². The maximum absolute atomic E-state index is 10.9. The van der Waals surface area contributed by atoms with Gasteiger partial charge in [-0.3, -0.25) is 10.4 Å². The molecule has 0 aromatic carbocycles. The minimum atomic E-state index is -0.875. The van der Waals surface area contributed by atoms with Crippen molar-refractivity contribution in [3.05, 3.63) is 21.0 Å². The quantitative estimate of drug-likeness (QED) is 0.246. The Balaban J connectivity index is 3.60. The molecule has 8 heteroatoms. The molecule has 1 aromatic rings. The van der Waals surface area contributed by atoms with Crippen molar-refractivity contribution in [2.75, 3.05) is 5.73 Å². The van der Waals surface area contributed by atoms with Gasteiger partial charge in [-0.05, 0) is 0 Å². The molecule has 0 spiro atoms. The van der Waals surface area contributed by atoms with E-state index in [1.54, 1.807) is 4.98 Å². The first kappa shape index (κ1) is 7.98. The Bertz CT molecular complexity index is 428. The molecule has 8 nitrogen and oxygen atoms in total. The number of H-pyrrole nitrogens is 1. The molecule has 0 aliphatic carbocycles. The molecule has 1 heterocycles. The Kier molecular flexibility index (Phi) is 1.66. The lowest BCUT2D eigenvalue weighted by Gasteiger charge is -2.02.